The summed E-state index contributed by atoms with van der Waals surface area (Å²) in [6.45, 7) is -2.55. The third-order valence-corrected chi connectivity index (χ3v) is 9.11. The van der Waals surface area contributed by atoms with Crippen LogP contribution in [0.1, 0.15) is 57.8 Å². The van der Waals surface area contributed by atoms with Gasteiger partial charge in [0.2, 0.25) is 16.9 Å². The Morgan fingerprint density at radius 3 is 2.57 bits per heavy atom. The number of carboxylic acid groups (broad SMARTS) is 1. The second kappa shape index (κ2) is 13.7. The zero-order chi connectivity index (χ0) is 31.4. The zero-order valence-corrected chi connectivity index (χ0v) is 25.0. The Balaban J connectivity index is 1.46. The third kappa shape index (κ3) is 7.20. The quantitative estimate of drug-likeness (QED) is 0.249. The highest BCUT2D eigenvalue weighted by Gasteiger charge is 2.32. The van der Waals surface area contributed by atoms with Crippen LogP contribution in [0.5, 0.6) is 5.75 Å². The summed E-state index contributed by atoms with van der Waals surface area (Å²) in [6, 6.07) is 7.45. The Morgan fingerprint density at radius 1 is 1.14 bits per heavy atom. The predicted molar refractivity (Wildman–Crippen MR) is 159 cm³/mol. The van der Waals surface area contributed by atoms with Crippen LogP contribution in [-0.2, 0) is 14.4 Å². The molecule has 44 heavy (non-hydrogen) atoms. The molecular weight excluding hydrogens is 597 g/mol. The molecule has 1 aliphatic heterocycles. The summed E-state index contributed by atoms with van der Waals surface area (Å²) in [6.07, 6.45) is 7.70. The number of hydrogen-bond donors (Lipinski definition) is 1. The van der Waals surface area contributed by atoms with E-state index in [1.165, 1.54) is 36.3 Å². The number of nitrogens with zero attached hydrogens (tertiary/aromatic N) is 4. The van der Waals surface area contributed by atoms with E-state index in [1.54, 1.807) is 17.0 Å². The second-order valence-corrected chi connectivity index (χ2v) is 12.1. The Morgan fingerprint density at radius 2 is 1.91 bits per heavy atom. The lowest BCUT2D eigenvalue weighted by molar-refractivity contribution is -0.140. The summed E-state index contributed by atoms with van der Waals surface area (Å²) in [7, 11) is 1.43. The van der Waals surface area contributed by atoms with Gasteiger partial charge in [0, 0.05) is 43.3 Å². The van der Waals surface area contributed by atoms with Crippen molar-refractivity contribution in [1.82, 2.24) is 9.97 Å². The number of ether oxygens (including phenoxy) is 1. The van der Waals surface area contributed by atoms with E-state index in [4.69, 9.17) is 0 Å². The van der Waals surface area contributed by atoms with E-state index >= 15 is 4.39 Å². The van der Waals surface area contributed by atoms with Crippen molar-refractivity contribution in [3.05, 3.63) is 41.7 Å². The Bertz CT molecular complexity index is 1510. The molecular formula is C31H33F3N4O5S. The standard InChI is InChI=1S/C31H33F3N4O5S/c1-37(29(42)20(15-26(40)41)14-18-6-2-3-7-18)31-36-27(28(32)44-31)23-16-21(43-30(33)34)10-11-22(23)19-9-12-24(35-17-19)38-13-5-4-8-25(38)39/h9-12,16-18,20,30H,2-8,13-15H2,1H3,(H,40,41). The van der Waals surface area contributed by atoms with Crippen molar-refractivity contribution in [2.75, 3.05) is 23.4 Å². The van der Waals surface area contributed by atoms with Crippen molar-refractivity contribution in [3.8, 4) is 28.1 Å². The summed E-state index contributed by atoms with van der Waals surface area (Å²) in [5.74, 6) is -1.84. The number of pyridine rings is 1. The summed E-state index contributed by atoms with van der Waals surface area (Å²) in [5, 5.41) is 8.70. The van der Waals surface area contributed by atoms with E-state index in [0.29, 0.717) is 47.7 Å². The van der Waals surface area contributed by atoms with Gasteiger partial charge in [-0.15, -0.1) is 0 Å². The topological polar surface area (TPSA) is 113 Å². The number of aliphatic carboxylic acids is 1. The summed E-state index contributed by atoms with van der Waals surface area (Å²) in [4.78, 5) is 49.0. The van der Waals surface area contributed by atoms with Crippen molar-refractivity contribution < 1.29 is 37.4 Å². The maximum absolute atomic E-state index is 15.6. The van der Waals surface area contributed by atoms with Crippen LogP contribution in [0.2, 0.25) is 0 Å². The van der Waals surface area contributed by atoms with Gasteiger partial charge in [0.05, 0.1) is 6.42 Å². The summed E-state index contributed by atoms with van der Waals surface area (Å²) < 4.78 is 46.3. The highest BCUT2D eigenvalue weighted by atomic mass is 32.1. The maximum atomic E-state index is 15.6. The Labute approximate surface area is 256 Å². The number of carbonyl (C=O) groups excluding carboxylic acids is 2. The number of aromatic nitrogens is 2. The number of carboxylic acids is 1. The smallest absolute Gasteiger partial charge is 0.387 e. The van der Waals surface area contributed by atoms with Crippen molar-refractivity contribution in [2.24, 2.45) is 11.8 Å². The van der Waals surface area contributed by atoms with Crippen molar-refractivity contribution in [2.45, 2.75) is 64.4 Å². The van der Waals surface area contributed by atoms with Gasteiger partial charge in [0.25, 0.3) is 0 Å². The maximum Gasteiger partial charge on any atom is 0.387 e. The minimum atomic E-state index is -3.11. The minimum Gasteiger partial charge on any atom is -0.481 e. The van der Waals surface area contributed by atoms with Crippen molar-refractivity contribution >= 4 is 40.1 Å². The molecule has 2 fully saturated rings. The molecule has 2 aliphatic rings. The molecule has 1 unspecified atom stereocenters. The fourth-order valence-electron chi connectivity index (χ4n) is 6.00. The molecule has 1 saturated heterocycles. The van der Waals surface area contributed by atoms with Gasteiger partial charge in [-0.2, -0.15) is 13.2 Å². The molecule has 3 heterocycles. The predicted octanol–water partition coefficient (Wildman–Crippen LogP) is 6.76. The second-order valence-electron chi connectivity index (χ2n) is 11.2. The van der Waals surface area contributed by atoms with Gasteiger partial charge >= 0.3 is 12.6 Å². The molecule has 1 aromatic carbocycles. The fourth-order valence-corrected chi connectivity index (χ4v) is 6.78. The molecule has 1 saturated carbocycles. The van der Waals surface area contributed by atoms with Crippen LogP contribution in [0, 0.1) is 17.0 Å². The first-order valence-corrected chi connectivity index (χ1v) is 15.4. The number of alkyl halides is 2. The number of thiazole rings is 1. The number of benzene rings is 1. The number of hydrogen-bond acceptors (Lipinski definition) is 7. The SMILES string of the molecule is CN(C(=O)C(CC(=O)O)CC1CCCC1)c1nc(-c2cc(OC(F)F)ccc2-c2ccc(N3CCCCC3=O)nc2)c(F)s1. The molecule has 9 nitrogen and oxygen atoms in total. The molecule has 234 valence electrons. The number of amides is 2. The third-order valence-electron chi connectivity index (χ3n) is 8.19. The number of halogens is 3. The molecule has 0 bridgehead atoms. The van der Waals surface area contributed by atoms with Gasteiger partial charge in [0.15, 0.2) is 5.13 Å². The van der Waals surface area contributed by atoms with Gasteiger partial charge < -0.3 is 9.84 Å². The first kappa shape index (κ1) is 31.4. The van der Waals surface area contributed by atoms with E-state index in [1.807, 2.05) is 0 Å². The molecule has 13 heteroatoms. The van der Waals surface area contributed by atoms with Crippen LogP contribution in [0.15, 0.2) is 36.5 Å². The van der Waals surface area contributed by atoms with Crippen LogP contribution in [0.25, 0.3) is 22.4 Å². The number of piperidine rings is 1. The summed E-state index contributed by atoms with van der Waals surface area (Å²) >= 11 is 0.601. The van der Waals surface area contributed by atoms with E-state index in [9.17, 15) is 28.3 Å². The highest BCUT2D eigenvalue weighted by molar-refractivity contribution is 7.14. The van der Waals surface area contributed by atoms with Crippen molar-refractivity contribution in [3.63, 3.8) is 0 Å². The van der Waals surface area contributed by atoms with Crippen LogP contribution in [0.3, 0.4) is 0 Å². The molecule has 2 amide bonds. The van der Waals surface area contributed by atoms with Gasteiger partial charge in [-0.05, 0) is 61.1 Å². The largest absolute Gasteiger partial charge is 0.481 e. The highest BCUT2D eigenvalue weighted by Crippen LogP contribution is 2.40. The van der Waals surface area contributed by atoms with E-state index in [0.717, 1.165) is 38.5 Å². The lowest BCUT2D eigenvalue weighted by Gasteiger charge is -2.25. The van der Waals surface area contributed by atoms with E-state index in [2.05, 4.69) is 14.7 Å². The zero-order valence-electron chi connectivity index (χ0n) is 24.2. The van der Waals surface area contributed by atoms with E-state index < -0.39 is 29.5 Å². The number of rotatable bonds is 11. The monoisotopic (exact) mass is 630 g/mol. The van der Waals surface area contributed by atoms with Gasteiger partial charge in [0.1, 0.15) is 17.3 Å². The van der Waals surface area contributed by atoms with Crippen LogP contribution in [-0.4, -0.2) is 53.1 Å². The lowest BCUT2D eigenvalue weighted by Crippen LogP contribution is -2.35. The average molecular weight is 631 g/mol. The van der Waals surface area contributed by atoms with Gasteiger partial charge in [-0.25, -0.2) is 9.97 Å². The molecule has 3 aromatic rings. The molecule has 1 atom stereocenters. The molecule has 2 aromatic heterocycles. The van der Waals surface area contributed by atoms with Gasteiger partial charge in [-0.3, -0.25) is 24.2 Å². The molecule has 1 aliphatic carbocycles. The first-order valence-electron chi connectivity index (χ1n) is 14.6. The molecule has 1 N–H and O–H groups in total. The van der Waals surface area contributed by atoms with Crippen LogP contribution < -0.4 is 14.5 Å². The fraction of sp³-hybridized carbons (Fsp3) is 0.452. The summed E-state index contributed by atoms with van der Waals surface area (Å²) in [5.41, 5.74) is 0.902. The Kier molecular flexibility index (Phi) is 9.82. The molecule has 5 rings (SSSR count). The average Bonchev–Trinajstić information content (AvgIpc) is 3.65. The lowest BCUT2D eigenvalue weighted by atomic mass is 9.90. The molecule has 0 radical (unpaired) electrons. The van der Waals surface area contributed by atoms with E-state index in [-0.39, 0.29) is 40.4 Å². The van der Waals surface area contributed by atoms with Crippen LogP contribution in [0.4, 0.5) is 24.1 Å². The Hall–Kier alpha value is -4.00. The van der Waals surface area contributed by atoms with Crippen molar-refractivity contribution in [1.29, 1.82) is 0 Å². The minimum absolute atomic E-state index is 0.00697. The van der Waals surface area contributed by atoms with Crippen LogP contribution >= 0.6 is 11.3 Å². The number of carbonyl (C=O) groups is 3. The van der Waals surface area contributed by atoms with Gasteiger partial charge in [-0.1, -0.05) is 37.0 Å². The molecule has 0 spiro atoms. The first-order chi connectivity index (χ1) is 21.1. The number of anilines is 2. The normalized spacial score (nSPS) is 16.4.